The predicted octanol–water partition coefficient (Wildman–Crippen LogP) is 3.31. The van der Waals surface area contributed by atoms with Gasteiger partial charge in [0, 0.05) is 11.9 Å². The van der Waals surface area contributed by atoms with Gasteiger partial charge in [0.05, 0.1) is 5.56 Å². The smallest absolute Gasteiger partial charge is 0.263 e. The fourth-order valence-corrected chi connectivity index (χ4v) is 2.41. The number of fused-ring (bicyclic) bond motifs is 1. The second-order valence-corrected chi connectivity index (χ2v) is 4.97. The van der Waals surface area contributed by atoms with E-state index in [1.807, 2.05) is 56.3 Å². The summed E-state index contributed by atoms with van der Waals surface area (Å²) in [6.45, 7) is 3.93. The largest absolute Gasteiger partial charge is 0.340 e. The Balaban J connectivity index is 2.22. The summed E-state index contributed by atoms with van der Waals surface area (Å²) in [7, 11) is 0. The minimum atomic E-state index is -0.00960. The fourth-order valence-electron chi connectivity index (χ4n) is 2.41. The van der Waals surface area contributed by atoms with Gasteiger partial charge < -0.3 is 5.32 Å². The first kappa shape index (κ1) is 13.4. The number of hydrogen-bond acceptors (Lipinski definition) is 3. The van der Waals surface area contributed by atoms with Crippen molar-refractivity contribution in [1.29, 1.82) is 0 Å². The van der Waals surface area contributed by atoms with Crippen molar-refractivity contribution in [3.05, 3.63) is 70.1 Å². The second-order valence-electron chi connectivity index (χ2n) is 4.97. The quantitative estimate of drug-likeness (QED) is 0.800. The average Bonchev–Trinajstić information content (AvgIpc) is 2.50. The van der Waals surface area contributed by atoms with Crippen LogP contribution in [0.4, 0.5) is 11.5 Å². The summed E-state index contributed by atoms with van der Waals surface area (Å²) in [6.07, 6.45) is 2.40. The molecule has 1 aromatic carbocycles. The molecule has 2 aromatic heterocycles. The van der Waals surface area contributed by atoms with Crippen molar-refractivity contribution in [3.8, 4) is 0 Å². The molecule has 0 unspecified atom stereocenters. The number of para-hydroxylation sites is 1. The van der Waals surface area contributed by atoms with Gasteiger partial charge in [-0.15, -0.1) is 0 Å². The van der Waals surface area contributed by atoms with Crippen LogP contribution < -0.4 is 10.9 Å². The van der Waals surface area contributed by atoms with Crippen molar-refractivity contribution in [2.45, 2.75) is 20.3 Å². The van der Waals surface area contributed by atoms with Gasteiger partial charge in [0.15, 0.2) is 0 Å². The van der Waals surface area contributed by atoms with Crippen LogP contribution in [-0.4, -0.2) is 9.38 Å². The zero-order chi connectivity index (χ0) is 14.8. The minimum absolute atomic E-state index is 0.00960. The maximum absolute atomic E-state index is 12.6. The average molecular weight is 279 g/mol. The van der Waals surface area contributed by atoms with Crippen molar-refractivity contribution >= 4 is 17.2 Å². The topological polar surface area (TPSA) is 46.4 Å². The highest BCUT2D eigenvalue weighted by Gasteiger charge is 2.12. The summed E-state index contributed by atoms with van der Waals surface area (Å²) >= 11 is 0. The molecule has 0 saturated heterocycles. The molecule has 0 aliphatic heterocycles. The van der Waals surface area contributed by atoms with Crippen LogP contribution in [0.2, 0.25) is 0 Å². The molecule has 106 valence electrons. The first-order valence-corrected chi connectivity index (χ1v) is 7.03. The van der Waals surface area contributed by atoms with E-state index < -0.39 is 0 Å². The molecule has 0 aliphatic carbocycles. The Morgan fingerprint density at radius 2 is 1.90 bits per heavy atom. The molecule has 0 spiro atoms. The maximum atomic E-state index is 12.6. The lowest BCUT2D eigenvalue weighted by Gasteiger charge is -2.12. The number of anilines is 2. The number of aromatic nitrogens is 2. The molecular formula is C17H17N3O. The number of rotatable bonds is 3. The van der Waals surface area contributed by atoms with Crippen molar-refractivity contribution in [1.82, 2.24) is 9.38 Å². The highest BCUT2D eigenvalue weighted by molar-refractivity contribution is 5.62. The number of pyridine rings is 1. The molecule has 0 radical (unpaired) electrons. The lowest BCUT2D eigenvalue weighted by atomic mass is 10.2. The Morgan fingerprint density at radius 1 is 1.14 bits per heavy atom. The third kappa shape index (κ3) is 2.40. The molecular weight excluding hydrogens is 262 g/mol. The van der Waals surface area contributed by atoms with E-state index in [0.717, 1.165) is 11.3 Å². The van der Waals surface area contributed by atoms with Crippen LogP contribution in [0, 0.1) is 6.92 Å². The maximum Gasteiger partial charge on any atom is 0.263 e. The third-order valence-corrected chi connectivity index (χ3v) is 3.53. The summed E-state index contributed by atoms with van der Waals surface area (Å²) < 4.78 is 1.62. The Morgan fingerprint density at radius 3 is 2.62 bits per heavy atom. The molecule has 4 heteroatoms. The predicted molar refractivity (Wildman–Crippen MR) is 85.3 cm³/mol. The van der Waals surface area contributed by atoms with Crippen LogP contribution in [0.5, 0.6) is 0 Å². The summed E-state index contributed by atoms with van der Waals surface area (Å²) in [6, 6.07) is 13.6. The zero-order valence-electron chi connectivity index (χ0n) is 12.1. The molecule has 0 saturated carbocycles. The SMILES string of the molecule is CCc1c(Nc2ccccc2)nc2c(C)cccn2c1=O. The van der Waals surface area contributed by atoms with E-state index in [-0.39, 0.29) is 5.56 Å². The molecule has 0 bridgehead atoms. The van der Waals surface area contributed by atoms with Crippen molar-refractivity contribution in [2.24, 2.45) is 0 Å². The summed E-state index contributed by atoms with van der Waals surface area (Å²) in [5.41, 5.74) is 3.29. The van der Waals surface area contributed by atoms with Gasteiger partial charge in [-0.05, 0) is 37.1 Å². The zero-order valence-corrected chi connectivity index (χ0v) is 12.1. The molecule has 0 aliphatic rings. The van der Waals surface area contributed by atoms with Crippen LogP contribution in [0.1, 0.15) is 18.1 Å². The van der Waals surface area contributed by atoms with Gasteiger partial charge in [-0.1, -0.05) is 31.2 Å². The Hall–Kier alpha value is -2.62. The Kier molecular flexibility index (Phi) is 3.44. The van der Waals surface area contributed by atoms with Gasteiger partial charge in [-0.3, -0.25) is 9.20 Å². The van der Waals surface area contributed by atoms with E-state index in [2.05, 4.69) is 10.3 Å². The van der Waals surface area contributed by atoms with Crippen LogP contribution in [0.25, 0.3) is 5.65 Å². The van der Waals surface area contributed by atoms with Gasteiger partial charge in [0.1, 0.15) is 11.5 Å². The van der Waals surface area contributed by atoms with E-state index in [4.69, 9.17) is 0 Å². The molecule has 2 heterocycles. The van der Waals surface area contributed by atoms with Crippen molar-refractivity contribution in [2.75, 3.05) is 5.32 Å². The highest BCUT2D eigenvalue weighted by atomic mass is 16.1. The van der Waals surface area contributed by atoms with Gasteiger partial charge in [0.25, 0.3) is 5.56 Å². The summed E-state index contributed by atoms with van der Waals surface area (Å²) in [4.78, 5) is 17.3. The fraction of sp³-hybridized carbons (Fsp3) is 0.176. The molecule has 0 fully saturated rings. The number of benzene rings is 1. The van der Waals surface area contributed by atoms with Crippen molar-refractivity contribution in [3.63, 3.8) is 0 Å². The lowest BCUT2D eigenvalue weighted by Crippen LogP contribution is -2.21. The van der Waals surface area contributed by atoms with E-state index in [1.54, 1.807) is 10.6 Å². The van der Waals surface area contributed by atoms with Gasteiger partial charge in [-0.25, -0.2) is 4.98 Å². The summed E-state index contributed by atoms with van der Waals surface area (Å²) in [5, 5.41) is 3.26. The van der Waals surface area contributed by atoms with E-state index in [1.165, 1.54) is 0 Å². The van der Waals surface area contributed by atoms with Gasteiger partial charge in [0.2, 0.25) is 0 Å². The molecule has 4 nitrogen and oxygen atoms in total. The second kappa shape index (κ2) is 5.40. The summed E-state index contributed by atoms with van der Waals surface area (Å²) in [5.74, 6) is 0.642. The normalized spacial score (nSPS) is 10.8. The van der Waals surface area contributed by atoms with E-state index in [0.29, 0.717) is 23.4 Å². The Bertz CT molecular complexity index is 838. The highest BCUT2D eigenvalue weighted by Crippen LogP contribution is 2.18. The number of aryl methyl sites for hydroxylation is 1. The molecule has 1 N–H and O–H groups in total. The first-order valence-electron chi connectivity index (χ1n) is 7.03. The third-order valence-electron chi connectivity index (χ3n) is 3.53. The van der Waals surface area contributed by atoms with Crippen molar-refractivity contribution < 1.29 is 0 Å². The Labute approximate surface area is 123 Å². The molecule has 0 atom stereocenters. The van der Waals surface area contributed by atoms with E-state index in [9.17, 15) is 4.79 Å². The monoisotopic (exact) mass is 279 g/mol. The van der Waals surface area contributed by atoms with Crippen LogP contribution in [0.3, 0.4) is 0 Å². The van der Waals surface area contributed by atoms with Gasteiger partial charge >= 0.3 is 0 Å². The number of nitrogens with one attached hydrogen (secondary N) is 1. The van der Waals surface area contributed by atoms with Crippen LogP contribution >= 0.6 is 0 Å². The lowest BCUT2D eigenvalue weighted by molar-refractivity contribution is 0.965. The molecule has 21 heavy (non-hydrogen) atoms. The minimum Gasteiger partial charge on any atom is -0.340 e. The van der Waals surface area contributed by atoms with Gasteiger partial charge in [-0.2, -0.15) is 0 Å². The molecule has 0 amide bonds. The number of nitrogens with zero attached hydrogens (tertiary/aromatic N) is 2. The molecule has 3 rings (SSSR count). The van der Waals surface area contributed by atoms with Crippen LogP contribution in [0.15, 0.2) is 53.5 Å². The first-order chi connectivity index (χ1) is 10.2. The van der Waals surface area contributed by atoms with E-state index >= 15 is 0 Å². The number of hydrogen-bond donors (Lipinski definition) is 1. The molecule has 3 aromatic rings. The standard InChI is InChI=1S/C17H17N3O/c1-3-14-15(18-13-9-5-4-6-10-13)19-16-12(2)8-7-11-20(16)17(14)21/h4-11,18H,3H2,1-2H3. The van der Waals surface area contributed by atoms with Crippen LogP contribution in [-0.2, 0) is 6.42 Å².